The summed E-state index contributed by atoms with van der Waals surface area (Å²) in [4.78, 5) is 24.5. The second-order valence-electron chi connectivity index (χ2n) is 4.03. The lowest BCUT2D eigenvalue weighted by atomic mass is 10.1. The molecule has 1 saturated heterocycles. The van der Waals surface area contributed by atoms with Gasteiger partial charge in [-0.05, 0) is 20.8 Å². The zero-order valence-electron chi connectivity index (χ0n) is 9.41. The van der Waals surface area contributed by atoms with Gasteiger partial charge in [0.1, 0.15) is 0 Å². The minimum Gasteiger partial charge on any atom is -0.435 e. The molecule has 1 rings (SSSR count). The average Bonchev–Trinajstić information content (AvgIpc) is 2.18. The van der Waals surface area contributed by atoms with Gasteiger partial charge in [-0.15, -0.1) is 0 Å². The molecule has 0 saturated carbocycles. The maximum atomic E-state index is 11.7. The first-order valence-electron chi connectivity index (χ1n) is 5.00. The maximum Gasteiger partial charge on any atom is 0.410 e. The zero-order chi connectivity index (χ0) is 11.5. The molecule has 15 heavy (non-hydrogen) atoms. The van der Waals surface area contributed by atoms with Crippen LogP contribution in [0.5, 0.6) is 0 Å². The van der Waals surface area contributed by atoms with Crippen LogP contribution in [0.3, 0.4) is 0 Å². The monoisotopic (exact) mass is 231 g/mol. The molecule has 0 radical (unpaired) electrons. The van der Waals surface area contributed by atoms with E-state index in [2.05, 4.69) is 0 Å². The van der Waals surface area contributed by atoms with E-state index < -0.39 is 5.60 Å². The number of hydrogen-bond acceptors (Lipinski definition) is 4. The number of ketones is 1. The van der Waals surface area contributed by atoms with Crippen molar-refractivity contribution >= 4 is 23.6 Å². The summed E-state index contributed by atoms with van der Waals surface area (Å²) in [7, 11) is 0. The number of nitrogens with zero attached hydrogens (tertiary/aromatic N) is 1. The van der Waals surface area contributed by atoms with Gasteiger partial charge in [0.2, 0.25) is 0 Å². The lowest BCUT2D eigenvalue weighted by Crippen LogP contribution is -2.44. The van der Waals surface area contributed by atoms with Crippen LogP contribution in [0.2, 0.25) is 0 Å². The van der Waals surface area contributed by atoms with E-state index in [9.17, 15) is 9.59 Å². The highest BCUT2D eigenvalue weighted by molar-refractivity contribution is 7.99. The Balaban J connectivity index is 2.50. The predicted molar refractivity (Wildman–Crippen MR) is 60.1 cm³/mol. The minimum absolute atomic E-state index is 0.137. The fourth-order valence-corrected chi connectivity index (χ4v) is 2.00. The van der Waals surface area contributed by atoms with Crippen molar-refractivity contribution in [1.82, 2.24) is 4.90 Å². The maximum absolute atomic E-state index is 11.7. The van der Waals surface area contributed by atoms with Crippen LogP contribution in [0.15, 0.2) is 0 Å². The van der Waals surface area contributed by atoms with Gasteiger partial charge in [0.15, 0.2) is 11.4 Å². The largest absolute Gasteiger partial charge is 0.435 e. The van der Waals surface area contributed by atoms with Crippen LogP contribution in [0, 0.1) is 0 Å². The molecule has 1 aliphatic rings. The van der Waals surface area contributed by atoms with E-state index in [0.717, 1.165) is 11.5 Å². The molecule has 0 spiro atoms. The summed E-state index contributed by atoms with van der Waals surface area (Å²) in [6.45, 7) is 6.08. The molecule has 1 fully saturated rings. The number of carbonyl (C=O) groups is 2. The Hall–Kier alpha value is -0.710. The molecule has 0 unspecified atom stereocenters. The number of hydrogen-bond donors (Lipinski definition) is 0. The Morgan fingerprint density at radius 3 is 2.27 bits per heavy atom. The zero-order valence-corrected chi connectivity index (χ0v) is 10.2. The third-order valence-electron chi connectivity index (χ3n) is 2.46. The van der Waals surface area contributed by atoms with Crippen molar-refractivity contribution in [3.05, 3.63) is 0 Å². The molecule has 1 heterocycles. The van der Waals surface area contributed by atoms with Gasteiger partial charge in [-0.2, -0.15) is 11.8 Å². The Labute approximate surface area is 94.3 Å². The molecule has 0 bridgehead atoms. The van der Waals surface area contributed by atoms with Gasteiger partial charge >= 0.3 is 6.09 Å². The summed E-state index contributed by atoms with van der Waals surface area (Å²) in [5.74, 6) is 1.74. The van der Waals surface area contributed by atoms with Crippen molar-refractivity contribution in [2.75, 3.05) is 24.6 Å². The van der Waals surface area contributed by atoms with Crippen LogP contribution < -0.4 is 0 Å². The Bertz CT molecular complexity index is 259. The SMILES string of the molecule is CC(=O)C(C)(C)OC(=O)N1CCSCC1. The van der Waals surface area contributed by atoms with E-state index in [1.807, 2.05) is 11.8 Å². The number of Topliss-reactive ketones (excluding diaryl/α,β-unsaturated/α-hetero) is 1. The summed E-state index contributed by atoms with van der Waals surface area (Å²) in [6, 6.07) is 0. The highest BCUT2D eigenvalue weighted by atomic mass is 32.2. The summed E-state index contributed by atoms with van der Waals surface area (Å²) in [5, 5.41) is 0. The van der Waals surface area contributed by atoms with Crippen molar-refractivity contribution in [2.45, 2.75) is 26.4 Å². The summed E-state index contributed by atoms with van der Waals surface area (Å²) in [5.41, 5.74) is -1.01. The standard InChI is InChI=1S/C10H17NO3S/c1-8(12)10(2,3)14-9(13)11-4-6-15-7-5-11/h4-7H2,1-3H3. The van der Waals surface area contributed by atoms with E-state index in [-0.39, 0.29) is 11.9 Å². The van der Waals surface area contributed by atoms with Crippen molar-refractivity contribution < 1.29 is 14.3 Å². The lowest BCUT2D eigenvalue weighted by Gasteiger charge is -2.30. The van der Waals surface area contributed by atoms with Crippen LogP contribution >= 0.6 is 11.8 Å². The van der Waals surface area contributed by atoms with Gasteiger partial charge in [0.25, 0.3) is 0 Å². The molecule has 0 aromatic carbocycles. The van der Waals surface area contributed by atoms with E-state index in [0.29, 0.717) is 13.1 Å². The number of thioether (sulfide) groups is 1. The summed E-state index contributed by atoms with van der Waals surface area (Å²) < 4.78 is 5.17. The molecule has 1 amide bonds. The molecule has 86 valence electrons. The summed E-state index contributed by atoms with van der Waals surface area (Å²) >= 11 is 1.82. The molecular weight excluding hydrogens is 214 g/mol. The predicted octanol–water partition coefficient (Wildman–Crippen LogP) is 1.54. The minimum atomic E-state index is -1.01. The Kier molecular flexibility index (Phi) is 4.02. The third-order valence-corrected chi connectivity index (χ3v) is 3.40. The number of carbonyl (C=O) groups excluding carboxylic acids is 2. The highest BCUT2D eigenvalue weighted by Crippen LogP contribution is 2.15. The van der Waals surface area contributed by atoms with Gasteiger partial charge in [-0.25, -0.2) is 4.79 Å². The molecule has 0 aromatic heterocycles. The lowest BCUT2D eigenvalue weighted by molar-refractivity contribution is -0.133. The first kappa shape index (κ1) is 12.4. The van der Waals surface area contributed by atoms with Crippen molar-refractivity contribution in [2.24, 2.45) is 0 Å². The molecule has 1 aliphatic heterocycles. The topological polar surface area (TPSA) is 46.6 Å². The third kappa shape index (κ3) is 3.41. The van der Waals surface area contributed by atoms with E-state index in [4.69, 9.17) is 4.74 Å². The van der Waals surface area contributed by atoms with Gasteiger partial charge < -0.3 is 9.64 Å². The van der Waals surface area contributed by atoms with Crippen LogP contribution in [0.1, 0.15) is 20.8 Å². The first-order chi connectivity index (χ1) is 6.93. The van der Waals surface area contributed by atoms with Crippen LogP contribution in [-0.4, -0.2) is 47.0 Å². The quantitative estimate of drug-likeness (QED) is 0.723. The fraction of sp³-hybridized carbons (Fsp3) is 0.800. The highest BCUT2D eigenvalue weighted by Gasteiger charge is 2.30. The molecule has 4 nitrogen and oxygen atoms in total. The van der Waals surface area contributed by atoms with Gasteiger partial charge in [0, 0.05) is 24.6 Å². The fourth-order valence-electron chi connectivity index (χ4n) is 1.10. The Morgan fingerprint density at radius 1 is 1.27 bits per heavy atom. The van der Waals surface area contributed by atoms with Gasteiger partial charge in [-0.1, -0.05) is 0 Å². The van der Waals surface area contributed by atoms with E-state index in [1.54, 1.807) is 18.7 Å². The van der Waals surface area contributed by atoms with Crippen molar-refractivity contribution in [3.8, 4) is 0 Å². The smallest absolute Gasteiger partial charge is 0.410 e. The normalized spacial score (nSPS) is 17.4. The molecular formula is C10H17NO3S. The van der Waals surface area contributed by atoms with Crippen molar-refractivity contribution in [3.63, 3.8) is 0 Å². The van der Waals surface area contributed by atoms with Gasteiger partial charge in [-0.3, -0.25) is 4.79 Å². The summed E-state index contributed by atoms with van der Waals surface area (Å²) in [6.07, 6.45) is -0.379. The first-order valence-corrected chi connectivity index (χ1v) is 6.15. The number of rotatable bonds is 2. The number of amides is 1. The van der Waals surface area contributed by atoms with Gasteiger partial charge in [0.05, 0.1) is 0 Å². The van der Waals surface area contributed by atoms with Crippen molar-refractivity contribution in [1.29, 1.82) is 0 Å². The Morgan fingerprint density at radius 2 is 1.80 bits per heavy atom. The molecule has 0 aliphatic carbocycles. The molecule has 0 N–H and O–H groups in total. The van der Waals surface area contributed by atoms with Crippen LogP contribution in [0.4, 0.5) is 4.79 Å². The second-order valence-corrected chi connectivity index (χ2v) is 5.26. The van der Waals surface area contributed by atoms with E-state index >= 15 is 0 Å². The second kappa shape index (κ2) is 4.88. The average molecular weight is 231 g/mol. The molecule has 5 heteroatoms. The number of ether oxygens (including phenoxy) is 1. The molecule has 0 aromatic rings. The van der Waals surface area contributed by atoms with E-state index in [1.165, 1.54) is 6.92 Å². The van der Waals surface area contributed by atoms with Crippen LogP contribution in [0.25, 0.3) is 0 Å². The van der Waals surface area contributed by atoms with Crippen LogP contribution in [-0.2, 0) is 9.53 Å². The molecule has 0 atom stereocenters.